The maximum atomic E-state index is 12.0. The van der Waals surface area contributed by atoms with Gasteiger partial charge in [-0.3, -0.25) is 14.9 Å². The molecule has 1 aromatic heterocycles. The fourth-order valence-electron chi connectivity index (χ4n) is 1.98. The summed E-state index contributed by atoms with van der Waals surface area (Å²) in [5, 5.41) is 3.57. The largest absolute Gasteiger partial charge is 0.493 e. The first-order chi connectivity index (χ1) is 11.6. The van der Waals surface area contributed by atoms with E-state index in [-0.39, 0.29) is 5.75 Å². The Balaban J connectivity index is 1.83. The number of thioether (sulfide) groups is 1. The first kappa shape index (κ1) is 16.3. The van der Waals surface area contributed by atoms with E-state index in [0.29, 0.717) is 21.1 Å². The molecule has 0 aliphatic carbocycles. The third-order valence-electron chi connectivity index (χ3n) is 3.05. The lowest BCUT2D eigenvalue weighted by Crippen LogP contribution is -2.17. The Morgan fingerprint density at radius 1 is 1.21 bits per heavy atom. The molecule has 3 rings (SSSR count). The number of thiophene rings is 1. The summed E-state index contributed by atoms with van der Waals surface area (Å²) in [5.41, 5.74) is 0.648. The fourth-order valence-corrected chi connectivity index (χ4v) is 3.26. The van der Waals surface area contributed by atoms with Crippen LogP contribution in [0.3, 0.4) is 0 Å². The van der Waals surface area contributed by atoms with E-state index in [1.165, 1.54) is 18.4 Å². The molecule has 0 radical (unpaired) electrons. The number of hydrogen-bond donors (Lipinski definition) is 1. The zero-order valence-corrected chi connectivity index (χ0v) is 14.0. The average molecular weight is 361 g/mol. The number of carbonyl (C=O) groups excluding carboxylic acids is 3. The minimum absolute atomic E-state index is 0.276. The van der Waals surface area contributed by atoms with Crippen LogP contribution in [0.1, 0.15) is 15.2 Å². The second-order valence-corrected chi connectivity index (χ2v) is 6.59. The summed E-state index contributed by atoms with van der Waals surface area (Å²) >= 11 is 2.12. The van der Waals surface area contributed by atoms with Crippen LogP contribution < -0.4 is 14.8 Å². The standard InChI is InChI=1S/C16H11NO5S2/c1-21-11-7-9(8-13-14(18)17-16(20)24-13)4-5-10(11)22-15(19)12-3-2-6-23-12/h2-8H,1H3,(H,17,18,20)/b13-8+. The van der Waals surface area contributed by atoms with E-state index < -0.39 is 17.1 Å². The molecule has 2 heterocycles. The molecule has 1 aliphatic heterocycles. The van der Waals surface area contributed by atoms with Crippen molar-refractivity contribution in [1.29, 1.82) is 0 Å². The maximum Gasteiger partial charge on any atom is 0.353 e. The number of hydrogen-bond acceptors (Lipinski definition) is 7. The molecule has 1 saturated heterocycles. The SMILES string of the molecule is COc1cc(/C=C2/SC(=O)NC2=O)ccc1OC(=O)c1cccs1. The van der Waals surface area contributed by atoms with Crippen molar-refractivity contribution in [2.75, 3.05) is 7.11 Å². The topological polar surface area (TPSA) is 81.7 Å². The first-order valence-electron chi connectivity index (χ1n) is 6.75. The van der Waals surface area contributed by atoms with Crippen molar-refractivity contribution in [2.24, 2.45) is 0 Å². The number of ether oxygens (including phenoxy) is 2. The Hall–Kier alpha value is -2.58. The van der Waals surface area contributed by atoms with Gasteiger partial charge in [-0.15, -0.1) is 11.3 Å². The highest BCUT2D eigenvalue weighted by atomic mass is 32.2. The molecule has 8 heteroatoms. The van der Waals surface area contributed by atoms with Crippen molar-refractivity contribution in [2.45, 2.75) is 0 Å². The monoisotopic (exact) mass is 361 g/mol. The van der Waals surface area contributed by atoms with Crippen LogP contribution in [0.5, 0.6) is 11.5 Å². The van der Waals surface area contributed by atoms with Crippen LogP contribution >= 0.6 is 23.1 Å². The van der Waals surface area contributed by atoms with Gasteiger partial charge >= 0.3 is 5.97 Å². The van der Waals surface area contributed by atoms with Crippen LogP contribution in [0.4, 0.5) is 4.79 Å². The summed E-state index contributed by atoms with van der Waals surface area (Å²) in [6.45, 7) is 0. The van der Waals surface area contributed by atoms with E-state index in [9.17, 15) is 14.4 Å². The van der Waals surface area contributed by atoms with Gasteiger partial charge in [0.2, 0.25) is 0 Å². The molecular weight excluding hydrogens is 350 g/mol. The molecule has 2 amide bonds. The van der Waals surface area contributed by atoms with Gasteiger partial charge in [-0.2, -0.15) is 0 Å². The van der Waals surface area contributed by atoms with Crippen molar-refractivity contribution in [3.63, 3.8) is 0 Å². The van der Waals surface area contributed by atoms with Gasteiger partial charge in [-0.1, -0.05) is 12.1 Å². The van der Waals surface area contributed by atoms with Gasteiger partial charge in [0, 0.05) is 0 Å². The summed E-state index contributed by atoms with van der Waals surface area (Å²) in [6.07, 6.45) is 1.57. The molecule has 1 N–H and O–H groups in total. The minimum atomic E-state index is -0.467. The Labute approximate surface area is 145 Å². The third kappa shape index (κ3) is 3.50. The molecule has 24 heavy (non-hydrogen) atoms. The predicted octanol–water partition coefficient (Wildman–Crippen LogP) is 3.30. The van der Waals surface area contributed by atoms with Crippen molar-refractivity contribution in [1.82, 2.24) is 5.32 Å². The zero-order valence-electron chi connectivity index (χ0n) is 12.4. The van der Waals surface area contributed by atoms with Gasteiger partial charge in [-0.05, 0) is 47.0 Å². The van der Waals surface area contributed by atoms with Gasteiger partial charge in [0.05, 0.1) is 12.0 Å². The van der Waals surface area contributed by atoms with E-state index in [4.69, 9.17) is 9.47 Å². The molecule has 0 spiro atoms. The molecule has 6 nitrogen and oxygen atoms in total. The van der Waals surface area contributed by atoms with E-state index in [1.807, 2.05) is 0 Å². The molecule has 122 valence electrons. The number of imide groups is 1. The van der Waals surface area contributed by atoms with Crippen molar-refractivity contribution >= 4 is 46.3 Å². The fraction of sp³-hybridized carbons (Fsp3) is 0.0625. The molecule has 0 unspecified atom stereocenters. The van der Waals surface area contributed by atoms with E-state index in [0.717, 1.165) is 11.8 Å². The molecular formula is C16H11NO5S2. The lowest BCUT2D eigenvalue weighted by Gasteiger charge is -2.09. The van der Waals surface area contributed by atoms with Crippen LogP contribution in [0.2, 0.25) is 0 Å². The highest BCUT2D eigenvalue weighted by Gasteiger charge is 2.25. The van der Waals surface area contributed by atoms with Crippen LogP contribution in [-0.2, 0) is 4.79 Å². The molecule has 2 aromatic rings. The highest BCUT2D eigenvalue weighted by molar-refractivity contribution is 8.18. The van der Waals surface area contributed by atoms with E-state index in [2.05, 4.69) is 5.32 Å². The lowest BCUT2D eigenvalue weighted by atomic mass is 10.2. The number of nitrogens with one attached hydrogen (secondary N) is 1. The Morgan fingerprint density at radius 3 is 2.67 bits per heavy atom. The molecule has 0 atom stereocenters. The second kappa shape index (κ2) is 6.90. The Morgan fingerprint density at radius 2 is 2.04 bits per heavy atom. The number of rotatable bonds is 4. The Bertz CT molecular complexity index is 842. The first-order valence-corrected chi connectivity index (χ1v) is 8.45. The Kier molecular flexibility index (Phi) is 4.68. The normalized spacial score (nSPS) is 15.5. The maximum absolute atomic E-state index is 12.0. The zero-order chi connectivity index (χ0) is 17.1. The van der Waals surface area contributed by atoms with Crippen molar-refractivity contribution in [3.8, 4) is 11.5 Å². The van der Waals surface area contributed by atoms with Gasteiger partial charge in [0.15, 0.2) is 11.5 Å². The number of benzene rings is 1. The molecule has 1 aromatic carbocycles. The van der Waals surface area contributed by atoms with Crippen LogP contribution in [-0.4, -0.2) is 24.2 Å². The number of carbonyl (C=O) groups is 3. The lowest BCUT2D eigenvalue weighted by molar-refractivity contribution is -0.115. The summed E-state index contributed by atoms with van der Waals surface area (Å²) in [4.78, 5) is 35.5. The number of methoxy groups -OCH3 is 1. The summed E-state index contributed by atoms with van der Waals surface area (Å²) in [5.74, 6) is -0.274. The minimum Gasteiger partial charge on any atom is -0.493 e. The van der Waals surface area contributed by atoms with Gasteiger partial charge in [0.1, 0.15) is 4.88 Å². The molecule has 0 saturated carbocycles. The van der Waals surface area contributed by atoms with Crippen molar-refractivity contribution in [3.05, 3.63) is 51.1 Å². The summed E-state index contributed by atoms with van der Waals surface area (Å²) < 4.78 is 10.6. The third-order valence-corrected chi connectivity index (χ3v) is 4.71. The van der Waals surface area contributed by atoms with Crippen LogP contribution in [0.25, 0.3) is 6.08 Å². The smallest absolute Gasteiger partial charge is 0.353 e. The quantitative estimate of drug-likeness (QED) is 0.511. The average Bonchev–Trinajstić information content (AvgIpc) is 3.19. The van der Waals surface area contributed by atoms with Gasteiger partial charge in [0.25, 0.3) is 11.1 Å². The summed E-state index contributed by atoms with van der Waals surface area (Å²) in [7, 11) is 1.45. The second-order valence-electron chi connectivity index (χ2n) is 4.63. The molecule has 1 fully saturated rings. The number of amides is 2. The van der Waals surface area contributed by atoms with Crippen LogP contribution in [0.15, 0.2) is 40.6 Å². The van der Waals surface area contributed by atoms with Crippen molar-refractivity contribution < 1.29 is 23.9 Å². The predicted molar refractivity (Wildman–Crippen MR) is 91.4 cm³/mol. The summed E-state index contributed by atoms with van der Waals surface area (Å²) in [6, 6.07) is 8.31. The number of esters is 1. The van der Waals surface area contributed by atoms with Crippen LogP contribution in [0, 0.1) is 0 Å². The molecule has 0 bridgehead atoms. The van der Waals surface area contributed by atoms with E-state index >= 15 is 0 Å². The van der Waals surface area contributed by atoms with E-state index in [1.54, 1.807) is 41.8 Å². The molecule has 1 aliphatic rings. The highest BCUT2D eigenvalue weighted by Crippen LogP contribution is 2.32. The van der Waals surface area contributed by atoms with Gasteiger partial charge in [-0.25, -0.2) is 4.79 Å². The van der Waals surface area contributed by atoms with Gasteiger partial charge < -0.3 is 9.47 Å².